The van der Waals surface area contributed by atoms with E-state index in [1.807, 2.05) is 30.3 Å². The highest BCUT2D eigenvalue weighted by Gasteiger charge is 2.09. The molecule has 6 nitrogen and oxygen atoms in total. The summed E-state index contributed by atoms with van der Waals surface area (Å²) in [6.07, 6.45) is 3.71. The first-order chi connectivity index (χ1) is 15.5. The van der Waals surface area contributed by atoms with Crippen molar-refractivity contribution < 1.29 is 14.3 Å². The summed E-state index contributed by atoms with van der Waals surface area (Å²) in [7, 11) is 0. The maximum Gasteiger partial charge on any atom is 0.407 e. The lowest BCUT2D eigenvalue weighted by atomic mass is 9.99. The van der Waals surface area contributed by atoms with Crippen molar-refractivity contribution in [1.29, 1.82) is 0 Å². The smallest absolute Gasteiger partial charge is 0.407 e. The second-order valence-corrected chi connectivity index (χ2v) is 8.01. The van der Waals surface area contributed by atoms with Gasteiger partial charge in [0.15, 0.2) is 0 Å². The Balaban J connectivity index is 1.38. The summed E-state index contributed by atoms with van der Waals surface area (Å²) in [5, 5.41) is 5.16. The van der Waals surface area contributed by atoms with E-state index in [-0.39, 0.29) is 12.7 Å². The van der Waals surface area contributed by atoms with Crippen LogP contribution in [-0.4, -0.2) is 24.6 Å². The summed E-state index contributed by atoms with van der Waals surface area (Å²) >= 11 is 0. The summed E-state index contributed by atoms with van der Waals surface area (Å²) in [6.45, 7) is 0.876. The number of nitrogens with one attached hydrogen (secondary N) is 1. The number of hydrogen-bond acceptors (Lipinski definition) is 4. The van der Waals surface area contributed by atoms with Gasteiger partial charge in [-0.1, -0.05) is 66.7 Å². The van der Waals surface area contributed by atoms with E-state index >= 15 is 0 Å². The Morgan fingerprint density at radius 3 is 2.16 bits per heavy atom. The van der Waals surface area contributed by atoms with Crippen molar-refractivity contribution in [2.75, 3.05) is 6.54 Å². The average Bonchev–Trinajstić information content (AvgIpc) is 2.81. The fourth-order valence-corrected chi connectivity index (χ4v) is 3.54. The Kier molecular flexibility index (Phi) is 8.63. The second kappa shape index (κ2) is 11.9. The van der Waals surface area contributed by atoms with Crippen molar-refractivity contribution in [2.24, 2.45) is 11.5 Å². The number of benzene rings is 3. The van der Waals surface area contributed by atoms with Gasteiger partial charge in [0.2, 0.25) is 5.91 Å². The lowest BCUT2D eigenvalue weighted by molar-refractivity contribution is -0.119. The lowest BCUT2D eigenvalue weighted by Crippen LogP contribution is -2.36. The largest absolute Gasteiger partial charge is 0.445 e. The molecule has 0 spiro atoms. The van der Waals surface area contributed by atoms with Gasteiger partial charge in [0, 0.05) is 6.54 Å². The van der Waals surface area contributed by atoms with Gasteiger partial charge in [-0.05, 0) is 59.6 Å². The zero-order valence-corrected chi connectivity index (χ0v) is 18.3. The number of primary amides is 1. The number of carbonyl (C=O) groups excluding carboxylic acids is 2. The Morgan fingerprint density at radius 1 is 0.844 bits per heavy atom. The summed E-state index contributed by atoms with van der Waals surface area (Å²) in [5.41, 5.74) is 14.3. The summed E-state index contributed by atoms with van der Waals surface area (Å²) in [4.78, 5) is 22.9. The zero-order valence-electron chi connectivity index (χ0n) is 18.3. The Bertz CT molecular complexity index is 1040. The van der Waals surface area contributed by atoms with Crippen LogP contribution in [0.2, 0.25) is 0 Å². The molecular formula is C26H31N3O3. The van der Waals surface area contributed by atoms with Crippen LogP contribution in [0.4, 0.5) is 4.79 Å². The third-order valence-corrected chi connectivity index (χ3v) is 5.45. The van der Waals surface area contributed by atoms with Crippen molar-refractivity contribution in [2.45, 2.75) is 44.8 Å². The van der Waals surface area contributed by atoms with Gasteiger partial charge in [-0.15, -0.1) is 0 Å². The van der Waals surface area contributed by atoms with Gasteiger partial charge in [0.1, 0.15) is 6.61 Å². The molecule has 0 bridgehead atoms. The number of alkyl carbamates (subject to hydrolysis) is 1. The predicted molar refractivity (Wildman–Crippen MR) is 127 cm³/mol. The van der Waals surface area contributed by atoms with Crippen LogP contribution in [-0.2, 0) is 29.0 Å². The van der Waals surface area contributed by atoms with Crippen molar-refractivity contribution in [3.8, 4) is 0 Å². The van der Waals surface area contributed by atoms with Crippen LogP contribution in [0.25, 0.3) is 10.8 Å². The van der Waals surface area contributed by atoms with Gasteiger partial charge in [-0.2, -0.15) is 0 Å². The van der Waals surface area contributed by atoms with Gasteiger partial charge >= 0.3 is 6.09 Å². The molecule has 32 heavy (non-hydrogen) atoms. The number of hydrogen-bond donors (Lipinski definition) is 3. The van der Waals surface area contributed by atoms with E-state index in [2.05, 4.69) is 41.7 Å². The molecule has 0 radical (unpaired) electrons. The number of aryl methyl sites for hydroxylation is 2. The standard InChI is InChI=1S/C26H31N3O3/c27-24(25(28)30)14-11-20-10-13-22-16-19(9-12-23(22)17-20)6-4-5-15-29-26(31)32-18-21-7-2-1-3-8-21/h1-3,7-10,12-13,16-17,24H,4-6,11,14-15,18,27H2,(H2,28,30)(H,29,31)/t24-/m0/s1. The molecule has 0 saturated heterocycles. The van der Waals surface area contributed by atoms with Crippen LogP contribution < -0.4 is 16.8 Å². The van der Waals surface area contributed by atoms with Gasteiger partial charge in [-0.25, -0.2) is 4.79 Å². The Morgan fingerprint density at radius 2 is 1.50 bits per heavy atom. The van der Waals surface area contributed by atoms with Crippen LogP contribution >= 0.6 is 0 Å². The molecule has 6 heteroatoms. The van der Waals surface area contributed by atoms with Crippen LogP contribution in [0.15, 0.2) is 66.7 Å². The second-order valence-electron chi connectivity index (χ2n) is 8.01. The zero-order chi connectivity index (χ0) is 22.8. The number of amides is 2. The molecule has 0 aliphatic rings. The van der Waals surface area contributed by atoms with E-state index in [0.717, 1.165) is 36.8 Å². The molecule has 0 unspecified atom stereocenters. The molecule has 3 aromatic rings. The first kappa shape index (κ1) is 23.3. The van der Waals surface area contributed by atoms with Crippen molar-refractivity contribution >= 4 is 22.8 Å². The van der Waals surface area contributed by atoms with E-state index in [9.17, 15) is 9.59 Å². The van der Waals surface area contributed by atoms with Gasteiger partial charge in [0.05, 0.1) is 6.04 Å². The molecule has 3 aromatic carbocycles. The highest BCUT2D eigenvalue weighted by Crippen LogP contribution is 2.20. The topological polar surface area (TPSA) is 107 Å². The molecule has 1 atom stereocenters. The normalized spacial score (nSPS) is 11.8. The Hall–Kier alpha value is -3.38. The highest BCUT2D eigenvalue weighted by atomic mass is 16.5. The predicted octanol–water partition coefficient (Wildman–Crippen LogP) is 3.83. The molecule has 0 aliphatic heterocycles. The van der Waals surface area contributed by atoms with Gasteiger partial charge in [0.25, 0.3) is 0 Å². The number of carbonyl (C=O) groups is 2. The van der Waals surface area contributed by atoms with E-state index in [0.29, 0.717) is 13.0 Å². The lowest BCUT2D eigenvalue weighted by Gasteiger charge is -2.09. The SMILES string of the molecule is NC(=O)[C@@H](N)CCc1ccc2cc(CCCCNC(=O)OCc3ccccc3)ccc2c1. The molecule has 0 saturated carbocycles. The van der Waals surface area contributed by atoms with E-state index < -0.39 is 11.9 Å². The first-order valence-electron chi connectivity index (χ1n) is 11.0. The minimum Gasteiger partial charge on any atom is -0.445 e. The van der Waals surface area contributed by atoms with Crippen molar-refractivity contribution in [1.82, 2.24) is 5.32 Å². The quantitative estimate of drug-likeness (QED) is 0.399. The van der Waals surface area contributed by atoms with E-state index in [1.165, 1.54) is 16.3 Å². The summed E-state index contributed by atoms with van der Waals surface area (Å²) < 4.78 is 5.21. The van der Waals surface area contributed by atoms with Gasteiger partial charge in [-0.3, -0.25) is 4.79 Å². The van der Waals surface area contributed by atoms with Crippen LogP contribution in [0.5, 0.6) is 0 Å². The number of nitrogens with two attached hydrogens (primary N) is 2. The molecule has 0 fully saturated rings. The summed E-state index contributed by atoms with van der Waals surface area (Å²) in [6, 6.07) is 21.8. The number of unbranched alkanes of at least 4 members (excludes halogenated alkanes) is 1. The molecule has 0 aromatic heterocycles. The van der Waals surface area contributed by atoms with Crippen LogP contribution in [0.1, 0.15) is 36.0 Å². The summed E-state index contributed by atoms with van der Waals surface area (Å²) in [5.74, 6) is -0.463. The fourth-order valence-electron chi connectivity index (χ4n) is 3.54. The van der Waals surface area contributed by atoms with Gasteiger partial charge < -0.3 is 21.5 Å². The minimum absolute atomic E-state index is 0.281. The number of fused-ring (bicyclic) bond motifs is 1. The third kappa shape index (κ3) is 7.39. The molecular weight excluding hydrogens is 402 g/mol. The number of rotatable bonds is 11. The number of ether oxygens (including phenoxy) is 1. The van der Waals surface area contributed by atoms with Crippen molar-refractivity contribution in [3.63, 3.8) is 0 Å². The fraction of sp³-hybridized carbons (Fsp3) is 0.308. The minimum atomic E-state index is -0.603. The van der Waals surface area contributed by atoms with E-state index in [4.69, 9.17) is 16.2 Å². The first-order valence-corrected chi connectivity index (χ1v) is 11.0. The molecule has 0 aliphatic carbocycles. The maximum absolute atomic E-state index is 11.8. The maximum atomic E-state index is 11.8. The van der Waals surface area contributed by atoms with E-state index in [1.54, 1.807) is 0 Å². The molecule has 3 rings (SSSR count). The monoisotopic (exact) mass is 433 g/mol. The highest BCUT2D eigenvalue weighted by molar-refractivity contribution is 5.84. The third-order valence-electron chi connectivity index (χ3n) is 5.45. The molecule has 0 heterocycles. The molecule has 2 amide bonds. The van der Waals surface area contributed by atoms with Crippen LogP contribution in [0.3, 0.4) is 0 Å². The van der Waals surface area contributed by atoms with Crippen LogP contribution in [0, 0.1) is 0 Å². The Labute approximate surface area is 188 Å². The molecule has 5 N–H and O–H groups in total. The molecule has 168 valence electrons. The average molecular weight is 434 g/mol. The van der Waals surface area contributed by atoms with Crippen molar-refractivity contribution in [3.05, 3.63) is 83.4 Å².